The van der Waals surface area contributed by atoms with Gasteiger partial charge in [-0.3, -0.25) is 4.79 Å². The van der Waals surface area contributed by atoms with Gasteiger partial charge in [-0.2, -0.15) is 15.2 Å². The summed E-state index contributed by atoms with van der Waals surface area (Å²) in [5, 5.41) is 22.8. The Labute approximate surface area is 225 Å². The molecule has 1 fully saturated rings. The molecule has 2 aromatic carbocycles. The van der Waals surface area contributed by atoms with Crippen LogP contribution in [-0.2, 0) is 11.2 Å². The van der Waals surface area contributed by atoms with Crippen LogP contribution in [0.25, 0.3) is 22.8 Å². The van der Waals surface area contributed by atoms with Crippen LogP contribution in [-0.4, -0.2) is 57.1 Å². The van der Waals surface area contributed by atoms with E-state index in [9.17, 15) is 14.9 Å². The molecule has 5 rings (SSSR count). The fourth-order valence-corrected chi connectivity index (χ4v) is 5.15. The Morgan fingerprint density at radius 2 is 1.97 bits per heavy atom. The lowest BCUT2D eigenvalue weighted by Gasteiger charge is -2.30. The van der Waals surface area contributed by atoms with Crippen molar-refractivity contribution in [2.45, 2.75) is 52.1 Å². The van der Waals surface area contributed by atoms with E-state index < -0.39 is 5.97 Å². The summed E-state index contributed by atoms with van der Waals surface area (Å²) in [5.41, 5.74) is 4.46. The number of hydrogen-bond donors (Lipinski definition) is 1. The van der Waals surface area contributed by atoms with Crippen LogP contribution in [0.5, 0.6) is 5.75 Å². The summed E-state index contributed by atoms with van der Waals surface area (Å²) in [6.45, 7) is 4.83. The second kappa shape index (κ2) is 11.1. The molecular formula is C29H29N5O5. The quantitative estimate of drug-likeness (QED) is 0.466. The molecule has 0 unspecified atom stereocenters. The number of fused-ring (bicyclic) bond motifs is 1. The molecule has 1 aliphatic carbocycles. The molecule has 0 bridgehead atoms. The second-order valence-corrected chi connectivity index (χ2v) is 10.1. The largest absolute Gasteiger partial charge is 0.490 e. The van der Waals surface area contributed by atoms with E-state index in [1.165, 1.54) is 0 Å². The number of ether oxygens (including phenoxy) is 1. The Morgan fingerprint density at radius 1 is 1.21 bits per heavy atom. The molecule has 1 aliphatic heterocycles. The van der Waals surface area contributed by atoms with E-state index in [2.05, 4.69) is 21.2 Å². The number of benzene rings is 2. The number of carbonyl (C=O) groups excluding carboxylic acids is 1. The van der Waals surface area contributed by atoms with E-state index in [0.717, 1.165) is 22.4 Å². The van der Waals surface area contributed by atoms with E-state index in [0.29, 0.717) is 67.4 Å². The van der Waals surface area contributed by atoms with E-state index in [1.54, 1.807) is 23.1 Å². The molecule has 0 saturated carbocycles. The van der Waals surface area contributed by atoms with Crippen molar-refractivity contribution in [2.75, 3.05) is 13.1 Å². The van der Waals surface area contributed by atoms with Crippen LogP contribution in [0.15, 0.2) is 45.9 Å². The number of piperidine rings is 1. The molecule has 10 nitrogen and oxygen atoms in total. The lowest BCUT2D eigenvalue weighted by atomic mass is 9.94. The van der Waals surface area contributed by atoms with Gasteiger partial charge in [-0.25, -0.2) is 4.79 Å². The Balaban J connectivity index is 1.34. The van der Waals surface area contributed by atoms with Crippen molar-refractivity contribution >= 4 is 17.7 Å². The average Bonchev–Trinajstić information content (AvgIpc) is 3.56. The number of carboxylic acids is 1. The first-order chi connectivity index (χ1) is 18.8. The third kappa shape index (κ3) is 5.67. The highest BCUT2D eigenvalue weighted by atomic mass is 16.5. The number of aliphatic imine (C=N–C) groups is 1. The number of nitriles is 1. The molecule has 2 aliphatic rings. The minimum atomic E-state index is -0.798. The van der Waals surface area contributed by atoms with Gasteiger partial charge in [0, 0.05) is 36.2 Å². The van der Waals surface area contributed by atoms with Gasteiger partial charge < -0.3 is 19.3 Å². The molecule has 0 radical (unpaired) electrons. The number of urea groups is 1. The van der Waals surface area contributed by atoms with Gasteiger partial charge in [0.1, 0.15) is 11.8 Å². The number of nitrogens with zero attached hydrogens (tertiary/aromatic N) is 5. The van der Waals surface area contributed by atoms with Crippen molar-refractivity contribution in [3.8, 4) is 34.7 Å². The zero-order valence-electron chi connectivity index (χ0n) is 21.9. The van der Waals surface area contributed by atoms with Crippen molar-refractivity contribution in [1.82, 2.24) is 15.0 Å². The van der Waals surface area contributed by atoms with Gasteiger partial charge in [-0.15, -0.1) is 0 Å². The maximum absolute atomic E-state index is 12.9. The minimum Gasteiger partial charge on any atom is -0.490 e. The summed E-state index contributed by atoms with van der Waals surface area (Å²) in [6, 6.07) is 12.8. The summed E-state index contributed by atoms with van der Waals surface area (Å²) in [4.78, 5) is 34.6. The van der Waals surface area contributed by atoms with Crippen molar-refractivity contribution in [3.05, 3.63) is 53.1 Å². The van der Waals surface area contributed by atoms with Crippen LogP contribution in [0.4, 0.5) is 4.79 Å². The van der Waals surface area contributed by atoms with Crippen LogP contribution < -0.4 is 4.74 Å². The predicted molar refractivity (Wildman–Crippen MR) is 142 cm³/mol. The number of aromatic nitrogens is 2. The lowest BCUT2D eigenvalue weighted by Crippen LogP contribution is -2.37. The zero-order valence-corrected chi connectivity index (χ0v) is 21.9. The molecule has 0 atom stereocenters. The number of carboxylic acid groups (broad SMARTS) is 1. The molecule has 39 heavy (non-hydrogen) atoms. The monoisotopic (exact) mass is 527 g/mol. The molecule has 1 saturated heterocycles. The van der Waals surface area contributed by atoms with E-state index in [4.69, 9.17) is 14.4 Å². The van der Waals surface area contributed by atoms with Gasteiger partial charge >= 0.3 is 12.0 Å². The van der Waals surface area contributed by atoms with Crippen molar-refractivity contribution < 1.29 is 24.0 Å². The van der Waals surface area contributed by atoms with Crippen LogP contribution in [0.3, 0.4) is 0 Å². The van der Waals surface area contributed by atoms with Gasteiger partial charge in [0.15, 0.2) is 0 Å². The fraction of sp³-hybridized carbons (Fsp3) is 0.379. The molecular weight excluding hydrogens is 498 g/mol. The smallest absolute Gasteiger partial charge is 0.343 e. The summed E-state index contributed by atoms with van der Waals surface area (Å²) in [6.07, 6.45) is 2.75. The molecule has 1 N–H and O–H groups in total. The Hall–Kier alpha value is -4.52. The standard InChI is InChI=1S/C29H29N5O5/c1-17(2)38-25-9-6-19(15-20(25)16-30)28-32-27(33-39-28)23-5-3-4-22-21(23)7-8-24(22)31-29(37)34-12-10-18(11-13-34)14-26(35)36/h3-6,9,15,17-18H,7-8,10-14H2,1-2H3,(H,35,36). The highest BCUT2D eigenvalue weighted by molar-refractivity contribution is 6.10. The van der Waals surface area contributed by atoms with Gasteiger partial charge in [0.25, 0.3) is 5.89 Å². The van der Waals surface area contributed by atoms with Gasteiger partial charge in [0.2, 0.25) is 5.82 Å². The zero-order chi connectivity index (χ0) is 27.5. The van der Waals surface area contributed by atoms with Crippen molar-refractivity contribution in [2.24, 2.45) is 10.9 Å². The maximum atomic E-state index is 12.9. The summed E-state index contributed by atoms with van der Waals surface area (Å²) < 4.78 is 11.2. The predicted octanol–water partition coefficient (Wildman–Crippen LogP) is 5.10. The van der Waals surface area contributed by atoms with E-state index in [1.807, 2.05) is 32.0 Å². The van der Waals surface area contributed by atoms with Crippen molar-refractivity contribution in [1.29, 1.82) is 5.26 Å². The number of carbonyl (C=O) groups is 2. The van der Waals surface area contributed by atoms with Crippen LogP contribution >= 0.6 is 0 Å². The highest BCUT2D eigenvalue weighted by Gasteiger charge is 2.27. The lowest BCUT2D eigenvalue weighted by molar-refractivity contribution is -0.138. The van der Waals surface area contributed by atoms with Gasteiger partial charge in [0.05, 0.1) is 17.4 Å². The van der Waals surface area contributed by atoms with Crippen molar-refractivity contribution in [3.63, 3.8) is 0 Å². The van der Waals surface area contributed by atoms with Gasteiger partial charge in [-0.05, 0) is 69.2 Å². The third-order valence-electron chi connectivity index (χ3n) is 7.05. The molecule has 200 valence electrons. The summed E-state index contributed by atoms with van der Waals surface area (Å²) >= 11 is 0. The summed E-state index contributed by atoms with van der Waals surface area (Å²) in [7, 11) is 0. The first kappa shape index (κ1) is 26.1. The molecule has 10 heteroatoms. The number of aliphatic carboxylic acids is 1. The minimum absolute atomic E-state index is 0.0575. The Kier molecular flexibility index (Phi) is 7.41. The number of likely N-dealkylation sites (tertiary alicyclic amines) is 1. The molecule has 2 heterocycles. The maximum Gasteiger partial charge on any atom is 0.343 e. The van der Waals surface area contributed by atoms with Crippen LogP contribution in [0.2, 0.25) is 0 Å². The van der Waals surface area contributed by atoms with E-state index >= 15 is 0 Å². The van der Waals surface area contributed by atoms with Crippen LogP contribution in [0, 0.1) is 17.2 Å². The molecule has 1 aromatic heterocycles. The van der Waals surface area contributed by atoms with Crippen LogP contribution in [0.1, 0.15) is 56.2 Å². The second-order valence-electron chi connectivity index (χ2n) is 10.1. The number of amides is 2. The first-order valence-electron chi connectivity index (χ1n) is 13.1. The topological polar surface area (TPSA) is 142 Å². The fourth-order valence-electron chi connectivity index (χ4n) is 5.15. The molecule has 3 aromatic rings. The molecule has 0 spiro atoms. The summed E-state index contributed by atoms with van der Waals surface area (Å²) in [5.74, 6) is 0.530. The SMILES string of the molecule is CC(C)Oc1ccc(-c2nc(-c3cccc4c3CCC4=NC(=O)N3CCC(CC(=O)O)CC3)no2)cc1C#N. The Morgan fingerprint density at radius 3 is 2.69 bits per heavy atom. The third-order valence-corrected chi connectivity index (χ3v) is 7.05. The Bertz CT molecular complexity index is 1480. The normalized spacial score (nSPS) is 16.4. The van der Waals surface area contributed by atoms with E-state index in [-0.39, 0.29) is 24.5 Å². The first-order valence-corrected chi connectivity index (χ1v) is 13.1. The molecule has 2 amide bonds. The highest BCUT2D eigenvalue weighted by Crippen LogP contribution is 2.34. The van der Waals surface area contributed by atoms with Gasteiger partial charge in [-0.1, -0.05) is 23.4 Å². The average molecular weight is 528 g/mol. The number of rotatable bonds is 6. The number of hydrogen-bond acceptors (Lipinski definition) is 7.